The lowest BCUT2D eigenvalue weighted by Crippen LogP contribution is -2.66. The number of halogens is 2. The van der Waals surface area contributed by atoms with Crippen molar-refractivity contribution in [3.63, 3.8) is 0 Å². The van der Waals surface area contributed by atoms with E-state index in [9.17, 15) is 21.4 Å². The second kappa shape index (κ2) is 9.73. The van der Waals surface area contributed by atoms with Crippen LogP contribution in [0.15, 0.2) is 12.1 Å². The molecule has 0 aliphatic heterocycles. The van der Waals surface area contributed by atoms with Gasteiger partial charge in [0, 0.05) is 11.1 Å². The number of alkyl halides is 2. The summed E-state index contributed by atoms with van der Waals surface area (Å²) in [6, 6.07) is 3.69. The highest BCUT2D eigenvalue weighted by Gasteiger charge is 2.71. The summed E-state index contributed by atoms with van der Waals surface area (Å²) in [6.07, 6.45) is -1.38. The lowest BCUT2D eigenvalue weighted by atomic mass is 9.75. The zero-order chi connectivity index (χ0) is 29.8. The number of hydrogen-bond acceptors (Lipinski definition) is 5. The van der Waals surface area contributed by atoms with Crippen molar-refractivity contribution in [2.45, 2.75) is 135 Å². The Morgan fingerprint density at radius 3 is 1.30 bits per heavy atom. The van der Waals surface area contributed by atoms with Crippen molar-refractivity contribution in [3.05, 3.63) is 28.8 Å². The fourth-order valence-corrected chi connectivity index (χ4v) is 6.60. The largest absolute Gasteiger partial charge is 0.381 e. The quantitative estimate of drug-likeness (QED) is 0.264. The van der Waals surface area contributed by atoms with E-state index in [0.29, 0.717) is 18.1 Å². The van der Waals surface area contributed by atoms with Gasteiger partial charge in [-0.3, -0.25) is 4.55 Å². The van der Waals surface area contributed by atoms with Gasteiger partial charge >= 0.3 is 10.1 Å². The monoisotopic (exact) mass is 568 g/mol. The second-order valence-corrected chi connectivity index (χ2v) is 17.2. The van der Waals surface area contributed by atoms with E-state index >= 15 is 8.78 Å². The van der Waals surface area contributed by atoms with Gasteiger partial charge in [0.25, 0.3) is 16.0 Å². The minimum atomic E-state index is -5.35. The summed E-state index contributed by atoms with van der Waals surface area (Å²) in [5, 5.41) is 0. The van der Waals surface area contributed by atoms with Gasteiger partial charge in [-0.1, -0.05) is 88.3 Å². The Morgan fingerprint density at radius 1 is 0.703 bits per heavy atom. The highest BCUT2D eigenvalue weighted by Crippen LogP contribution is 2.52. The minimum absolute atomic E-state index is 0.0338. The fraction of sp³-hybridized carbons (Fsp3) is 0.778. The van der Waals surface area contributed by atoms with E-state index in [1.165, 1.54) is 6.92 Å². The molecule has 2 unspecified atom stereocenters. The predicted molar refractivity (Wildman–Crippen MR) is 146 cm³/mol. The van der Waals surface area contributed by atoms with Crippen LogP contribution in [-0.2, 0) is 36.5 Å². The molecule has 216 valence electrons. The number of hydrogen-bond donors (Lipinski definition) is 1. The Hall–Kier alpha value is -1.26. The molecule has 6 nitrogen and oxygen atoms in total. The van der Waals surface area contributed by atoms with Crippen molar-refractivity contribution in [1.29, 1.82) is 0 Å². The molecule has 0 spiro atoms. The van der Waals surface area contributed by atoms with Gasteiger partial charge in [-0.2, -0.15) is 16.8 Å². The molecule has 0 fully saturated rings. The van der Waals surface area contributed by atoms with Crippen LogP contribution in [0.4, 0.5) is 8.78 Å². The molecule has 1 N–H and O–H groups in total. The molecule has 1 aromatic rings. The van der Waals surface area contributed by atoms with Crippen molar-refractivity contribution in [2.75, 3.05) is 0 Å². The summed E-state index contributed by atoms with van der Waals surface area (Å²) in [5.41, 5.74) is 0.459. The molecule has 0 aliphatic rings. The van der Waals surface area contributed by atoms with Gasteiger partial charge in [-0.25, -0.2) is 8.78 Å². The zero-order valence-electron chi connectivity index (χ0n) is 24.6. The van der Waals surface area contributed by atoms with Crippen molar-refractivity contribution in [1.82, 2.24) is 0 Å². The van der Waals surface area contributed by atoms with Crippen LogP contribution in [0.1, 0.15) is 120 Å². The van der Waals surface area contributed by atoms with E-state index < -0.39 is 59.3 Å². The second-order valence-electron chi connectivity index (χ2n) is 13.4. The van der Waals surface area contributed by atoms with E-state index in [1.807, 2.05) is 74.4 Å². The maximum Gasteiger partial charge on any atom is 0.320 e. The summed E-state index contributed by atoms with van der Waals surface area (Å²) in [7, 11) is -10.5. The molecule has 0 amide bonds. The molecule has 1 aromatic carbocycles. The summed E-state index contributed by atoms with van der Waals surface area (Å²) >= 11 is 0. The average molecular weight is 569 g/mol. The highest BCUT2D eigenvalue weighted by atomic mass is 32.2. The molecule has 0 heterocycles. The topological polar surface area (TPSA) is 97.7 Å². The molecule has 0 aliphatic carbocycles. The lowest BCUT2D eigenvalue weighted by Gasteiger charge is -2.44. The SMILES string of the molecule is CCC(C)(C(F)(F)C(C)(CC)S(=O)(=O)Oc1c(C(C)(C)C)cc(C(C)(C)C)cc1C(C)(C)C)S(=O)(=O)O. The van der Waals surface area contributed by atoms with Crippen molar-refractivity contribution in [3.8, 4) is 5.75 Å². The maximum atomic E-state index is 16.1. The number of rotatable bonds is 8. The molecule has 0 bridgehead atoms. The highest BCUT2D eigenvalue weighted by molar-refractivity contribution is 7.89. The first-order valence-corrected chi connectivity index (χ1v) is 15.4. The fourth-order valence-electron chi connectivity index (χ4n) is 4.15. The Labute approximate surface area is 223 Å². The third-order valence-electron chi connectivity index (χ3n) is 7.56. The maximum absolute atomic E-state index is 16.1. The van der Waals surface area contributed by atoms with Gasteiger partial charge in [0.2, 0.25) is 0 Å². The summed E-state index contributed by atoms with van der Waals surface area (Å²) in [6.45, 7) is 21.1. The first-order valence-electron chi connectivity index (χ1n) is 12.5. The van der Waals surface area contributed by atoms with Gasteiger partial charge in [0.15, 0.2) is 9.49 Å². The van der Waals surface area contributed by atoms with Gasteiger partial charge in [-0.05, 0) is 48.5 Å². The van der Waals surface area contributed by atoms with Crippen LogP contribution in [-0.4, -0.2) is 36.8 Å². The van der Waals surface area contributed by atoms with E-state index in [4.69, 9.17) is 4.18 Å². The van der Waals surface area contributed by atoms with Gasteiger partial charge in [0.05, 0.1) is 0 Å². The first-order chi connectivity index (χ1) is 16.0. The smallest absolute Gasteiger partial charge is 0.320 e. The molecule has 1 rings (SSSR count). The van der Waals surface area contributed by atoms with E-state index in [0.717, 1.165) is 19.4 Å². The van der Waals surface area contributed by atoms with Crippen LogP contribution in [0.5, 0.6) is 5.75 Å². The minimum Gasteiger partial charge on any atom is -0.381 e. The van der Waals surface area contributed by atoms with Gasteiger partial charge in [-0.15, -0.1) is 0 Å². The Bertz CT molecular complexity index is 1180. The van der Waals surface area contributed by atoms with Crippen LogP contribution in [0.3, 0.4) is 0 Å². The molecule has 37 heavy (non-hydrogen) atoms. The summed E-state index contributed by atoms with van der Waals surface area (Å²) in [4.78, 5) is 0. The van der Waals surface area contributed by atoms with Crippen LogP contribution in [0.2, 0.25) is 0 Å². The molecule has 0 saturated carbocycles. The van der Waals surface area contributed by atoms with Crippen LogP contribution < -0.4 is 4.18 Å². The normalized spacial score (nSPS) is 17.7. The molecule has 0 aromatic heterocycles. The third-order valence-corrected chi connectivity index (χ3v) is 11.3. The average Bonchev–Trinajstić information content (AvgIpc) is 2.68. The molecule has 0 radical (unpaired) electrons. The molecule has 10 heteroatoms. The van der Waals surface area contributed by atoms with Crippen LogP contribution in [0, 0.1) is 0 Å². The van der Waals surface area contributed by atoms with E-state index in [2.05, 4.69) is 0 Å². The van der Waals surface area contributed by atoms with Crippen LogP contribution in [0.25, 0.3) is 0 Å². The Morgan fingerprint density at radius 2 is 1.05 bits per heavy atom. The lowest BCUT2D eigenvalue weighted by molar-refractivity contribution is -0.0778. The molecule has 2 atom stereocenters. The van der Waals surface area contributed by atoms with E-state index in [-0.39, 0.29) is 11.2 Å². The van der Waals surface area contributed by atoms with Crippen LogP contribution >= 0.6 is 0 Å². The Balaban J connectivity index is 4.13. The zero-order valence-corrected chi connectivity index (χ0v) is 26.3. The van der Waals surface area contributed by atoms with Gasteiger partial charge in [0.1, 0.15) is 5.75 Å². The summed E-state index contributed by atoms with van der Waals surface area (Å²) in [5.74, 6) is -4.45. The number of benzene rings is 1. The van der Waals surface area contributed by atoms with Crippen molar-refractivity contribution < 1.29 is 34.4 Å². The van der Waals surface area contributed by atoms with E-state index in [1.54, 1.807) is 0 Å². The Kier molecular flexibility index (Phi) is 8.88. The molecular formula is C27H46F2O6S2. The molecular weight excluding hydrogens is 522 g/mol. The van der Waals surface area contributed by atoms with Gasteiger partial charge < -0.3 is 4.18 Å². The summed E-state index contributed by atoms with van der Waals surface area (Å²) < 4.78 is 93.6. The predicted octanol–water partition coefficient (Wildman–Crippen LogP) is 7.15. The van der Waals surface area contributed by atoms with Crippen molar-refractivity contribution in [2.24, 2.45) is 0 Å². The van der Waals surface area contributed by atoms with Crippen molar-refractivity contribution >= 4 is 20.2 Å². The first kappa shape index (κ1) is 33.8. The third kappa shape index (κ3) is 5.86. The molecule has 0 saturated heterocycles. The standard InChI is InChI=1S/C27H46F2O6S2/c1-14-25(12,36(30,31)32)27(28,29)26(13,15-2)37(33,34)35-21-19(23(6,7)8)16-18(22(3,4)5)17-20(21)24(9,10)11/h16-17H,14-15H2,1-13H3,(H,30,31,32).